The van der Waals surface area contributed by atoms with E-state index in [2.05, 4.69) is 5.32 Å². The minimum Gasteiger partial charge on any atom is -0.486 e. The van der Waals surface area contributed by atoms with Crippen LogP contribution in [0.5, 0.6) is 11.5 Å². The van der Waals surface area contributed by atoms with Crippen molar-refractivity contribution in [1.29, 1.82) is 0 Å². The number of rotatable bonds is 6. The second-order valence-electron chi connectivity index (χ2n) is 7.28. The zero-order valence-corrected chi connectivity index (χ0v) is 18.4. The maximum Gasteiger partial charge on any atom is 0.416 e. The van der Waals surface area contributed by atoms with Crippen LogP contribution in [-0.4, -0.2) is 34.1 Å². The first-order valence-corrected chi connectivity index (χ1v) is 11.5. The summed E-state index contributed by atoms with van der Waals surface area (Å²) in [5.41, 5.74) is -1.02. The van der Waals surface area contributed by atoms with Gasteiger partial charge in [-0.15, -0.1) is 0 Å². The number of ether oxygens (including phenoxy) is 2. The highest BCUT2D eigenvalue weighted by Gasteiger charge is 2.33. The molecule has 11 heteroatoms. The normalized spacial score (nSPS) is 13.3. The van der Waals surface area contributed by atoms with Gasteiger partial charge in [-0.2, -0.15) is 13.2 Å². The second-order valence-corrected chi connectivity index (χ2v) is 9.14. The third kappa shape index (κ3) is 5.09. The molecule has 0 aliphatic carbocycles. The monoisotopic (exact) mass is 492 g/mol. The van der Waals surface area contributed by atoms with Crippen LogP contribution in [0.15, 0.2) is 77.7 Å². The van der Waals surface area contributed by atoms with Gasteiger partial charge in [0.1, 0.15) is 19.8 Å². The molecule has 178 valence electrons. The molecule has 0 saturated heterocycles. The molecule has 0 radical (unpaired) electrons. The Morgan fingerprint density at radius 2 is 1.62 bits per heavy atom. The van der Waals surface area contributed by atoms with Crippen LogP contribution in [0.4, 0.5) is 24.5 Å². The molecule has 1 aliphatic heterocycles. The Morgan fingerprint density at radius 3 is 2.32 bits per heavy atom. The van der Waals surface area contributed by atoms with E-state index in [-0.39, 0.29) is 10.6 Å². The summed E-state index contributed by atoms with van der Waals surface area (Å²) < 4.78 is 77.9. The number of hydrogen-bond donors (Lipinski definition) is 1. The number of anilines is 2. The molecule has 1 amide bonds. The van der Waals surface area contributed by atoms with E-state index >= 15 is 0 Å². The second kappa shape index (κ2) is 9.26. The molecule has 0 saturated carbocycles. The number of alkyl halides is 3. The van der Waals surface area contributed by atoms with Gasteiger partial charge in [-0.25, -0.2) is 8.42 Å². The number of nitrogens with one attached hydrogen (secondary N) is 1. The molecule has 34 heavy (non-hydrogen) atoms. The molecule has 1 aliphatic rings. The van der Waals surface area contributed by atoms with Gasteiger partial charge in [0.05, 0.1) is 16.1 Å². The minimum atomic E-state index is -4.69. The van der Waals surface area contributed by atoms with Gasteiger partial charge in [-0.05, 0) is 42.5 Å². The SMILES string of the molecule is O=C(CN(c1cccc(C(F)(F)F)c1)S(=O)(=O)c1ccccc1)Nc1ccc2c(c1)OCCO2. The first kappa shape index (κ1) is 23.4. The van der Waals surface area contributed by atoms with E-state index in [9.17, 15) is 26.4 Å². The number of carbonyl (C=O) groups is 1. The van der Waals surface area contributed by atoms with Crippen molar-refractivity contribution in [3.8, 4) is 11.5 Å². The van der Waals surface area contributed by atoms with Crippen LogP contribution in [0.25, 0.3) is 0 Å². The quantitative estimate of drug-likeness (QED) is 0.554. The molecule has 0 spiro atoms. The van der Waals surface area contributed by atoms with Gasteiger partial charge in [-0.3, -0.25) is 9.10 Å². The summed E-state index contributed by atoms with van der Waals surface area (Å²) in [5, 5.41) is 2.56. The largest absolute Gasteiger partial charge is 0.486 e. The zero-order chi connectivity index (χ0) is 24.3. The third-order valence-electron chi connectivity index (χ3n) is 4.91. The molecule has 3 aromatic rings. The van der Waals surface area contributed by atoms with Crippen LogP contribution in [0.1, 0.15) is 5.56 Å². The minimum absolute atomic E-state index is 0.167. The van der Waals surface area contributed by atoms with Crippen molar-refractivity contribution in [2.24, 2.45) is 0 Å². The lowest BCUT2D eigenvalue weighted by Gasteiger charge is -2.25. The van der Waals surface area contributed by atoms with Crippen LogP contribution in [0.2, 0.25) is 0 Å². The zero-order valence-electron chi connectivity index (χ0n) is 17.6. The Bertz CT molecular complexity index is 1300. The predicted molar refractivity (Wildman–Crippen MR) is 118 cm³/mol. The van der Waals surface area contributed by atoms with Crippen LogP contribution in [-0.2, 0) is 21.0 Å². The molecule has 4 rings (SSSR count). The van der Waals surface area contributed by atoms with Crippen molar-refractivity contribution in [3.05, 3.63) is 78.4 Å². The molecule has 3 aromatic carbocycles. The topological polar surface area (TPSA) is 84.9 Å². The van der Waals surface area contributed by atoms with Crippen molar-refractivity contribution in [1.82, 2.24) is 0 Å². The third-order valence-corrected chi connectivity index (χ3v) is 6.69. The van der Waals surface area contributed by atoms with E-state index in [1.54, 1.807) is 18.2 Å². The molecule has 0 fully saturated rings. The maximum absolute atomic E-state index is 13.3. The van der Waals surface area contributed by atoms with E-state index in [4.69, 9.17) is 9.47 Å². The molecule has 7 nitrogen and oxygen atoms in total. The van der Waals surface area contributed by atoms with Crippen LogP contribution < -0.4 is 19.1 Å². The number of nitrogens with zero attached hydrogens (tertiary/aromatic N) is 1. The highest BCUT2D eigenvalue weighted by Crippen LogP contribution is 2.34. The molecule has 1 heterocycles. The maximum atomic E-state index is 13.3. The average molecular weight is 492 g/mol. The molecule has 0 aromatic heterocycles. The van der Waals surface area contributed by atoms with E-state index in [1.165, 1.54) is 36.4 Å². The summed E-state index contributed by atoms with van der Waals surface area (Å²) in [7, 11) is -4.36. The Labute approximate surface area is 193 Å². The number of amides is 1. The Kier molecular flexibility index (Phi) is 6.38. The molecular formula is C23H19F3N2O5S. The fourth-order valence-corrected chi connectivity index (χ4v) is 4.76. The summed E-state index contributed by atoms with van der Waals surface area (Å²) in [5.74, 6) is 0.158. The number of sulfonamides is 1. The van der Waals surface area contributed by atoms with Gasteiger partial charge in [-0.1, -0.05) is 24.3 Å². The van der Waals surface area contributed by atoms with Crippen molar-refractivity contribution in [2.75, 3.05) is 29.4 Å². The summed E-state index contributed by atoms with van der Waals surface area (Å²) >= 11 is 0. The summed E-state index contributed by atoms with van der Waals surface area (Å²) in [6.45, 7) is -0.0297. The van der Waals surface area contributed by atoms with Crippen molar-refractivity contribution >= 4 is 27.3 Å². The highest BCUT2D eigenvalue weighted by molar-refractivity contribution is 7.92. The number of halogens is 3. The van der Waals surface area contributed by atoms with Gasteiger partial charge in [0.15, 0.2) is 11.5 Å². The molecule has 0 bridgehead atoms. The molecule has 0 atom stereocenters. The fraction of sp³-hybridized carbons (Fsp3) is 0.174. The van der Waals surface area contributed by atoms with Gasteiger partial charge < -0.3 is 14.8 Å². The Morgan fingerprint density at radius 1 is 0.912 bits per heavy atom. The number of fused-ring (bicyclic) bond motifs is 1. The predicted octanol–water partition coefficient (Wildman–Crippen LogP) is 4.31. The van der Waals surface area contributed by atoms with Gasteiger partial charge in [0.25, 0.3) is 10.0 Å². The van der Waals surface area contributed by atoms with Crippen molar-refractivity contribution in [2.45, 2.75) is 11.1 Å². The van der Waals surface area contributed by atoms with Crippen molar-refractivity contribution in [3.63, 3.8) is 0 Å². The summed E-state index contributed by atoms with van der Waals surface area (Å²) in [6.07, 6.45) is -4.69. The van der Waals surface area contributed by atoms with E-state index in [0.29, 0.717) is 40.8 Å². The molecular weight excluding hydrogens is 473 g/mol. The first-order chi connectivity index (χ1) is 16.1. The number of carbonyl (C=O) groups excluding carboxylic acids is 1. The highest BCUT2D eigenvalue weighted by atomic mass is 32.2. The van der Waals surface area contributed by atoms with Crippen LogP contribution >= 0.6 is 0 Å². The van der Waals surface area contributed by atoms with E-state index in [0.717, 1.165) is 12.1 Å². The Balaban J connectivity index is 1.65. The van der Waals surface area contributed by atoms with Crippen LogP contribution in [0.3, 0.4) is 0 Å². The average Bonchev–Trinajstić information content (AvgIpc) is 2.82. The number of hydrogen-bond acceptors (Lipinski definition) is 5. The Hall–Kier alpha value is -3.73. The summed E-state index contributed by atoms with van der Waals surface area (Å²) in [4.78, 5) is 12.6. The lowest BCUT2D eigenvalue weighted by molar-refractivity contribution is -0.137. The number of benzene rings is 3. The lowest BCUT2D eigenvalue weighted by Crippen LogP contribution is -2.38. The van der Waals surface area contributed by atoms with Gasteiger partial charge in [0, 0.05) is 11.8 Å². The van der Waals surface area contributed by atoms with Gasteiger partial charge in [0.2, 0.25) is 5.91 Å². The van der Waals surface area contributed by atoms with Crippen LogP contribution in [0, 0.1) is 0 Å². The molecule has 1 N–H and O–H groups in total. The first-order valence-electron chi connectivity index (χ1n) is 10.1. The van der Waals surface area contributed by atoms with Crippen molar-refractivity contribution < 1.29 is 35.9 Å². The smallest absolute Gasteiger partial charge is 0.416 e. The van der Waals surface area contributed by atoms with E-state index < -0.39 is 34.2 Å². The molecule has 0 unspecified atom stereocenters. The fourth-order valence-electron chi connectivity index (χ4n) is 3.32. The standard InChI is InChI=1S/C23H19F3N2O5S/c24-23(25,26)16-5-4-6-18(13-16)28(34(30,31)19-7-2-1-3-8-19)15-22(29)27-17-9-10-20-21(14-17)33-12-11-32-20/h1-10,13-14H,11-12,15H2,(H,27,29). The van der Waals surface area contributed by atoms with Gasteiger partial charge >= 0.3 is 6.18 Å². The van der Waals surface area contributed by atoms with E-state index in [1.807, 2.05) is 0 Å². The summed E-state index contributed by atoms with van der Waals surface area (Å²) in [6, 6.07) is 15.6. The lowest BCUT2D eigenvalue weighted by atomic mass is 10.2.